The van der Waals surface area contributed by atoms with Crippen LogP contribution >= 0.6 is 0 Å². The fraction of sp³-hybridized carbons (Fsp3) is 0.778. The van der Waals surface area contributed by atoms with Crippen LogP contribution < -0.4 is 0 Å². The molecule has 0 saturated heterocycles. The largest absolute Gasteiger partial charge is 0.396 e. The van der Waals surface area contributed by atoms with Crippen LogP contribution in [0.2, 0.25) is 0 Å². The second-order valence-electron chi connectivity index (χ2n) is 3.22. The smallest absolute Gasteiger partial charge is 0.0431 e. The maximum Gasteiger partial charge on any atom is 0.0431 e. The van der Waals surface area contributed by atoms with E-state index in [9.17, 15) is 0 Å². The van der Waals surface area contributed by atoms with Crippen LogP contribution in [-0.4, -0.2) is 11.7 Å². The quantitative estimate of drug-likeness (QED) is 0.595. The van der Waals surface area contributed by atoms with Gasteiger partial charge in [0.25, 0.3) is 0 Å². The third kappa shape index (κ3) is 2.14. The number of hydrogen-bond donors (Lipinski definition) is 1. The van der Waals surface area contributed by atoms with Crippen molar-refractivity contribution in [3.8, 4) is 0 Å². The molecule has 0 bridgehead atoms. The number of rotatable bonds is 3. The zero-order valence-electron chi connectivity index (χ0n) is 6.47. The molecule has 0 amide bonds. The molecule has 1 rings (SSSR count). The first kappa shape index (κ1) is 7.80. The van der Waals surface area contributed by atoms with Gasteiger partial charge in [0.2, 0.25) is 0 Å². The minimum Gasteiger partial charge on any atom is -0.396 e. The fourth-order valence-electron chi connectivity index (χ4n) is 1.65. The molecule has 0 aliphatic heterocycles. The number of aliphatic hydroxyl groups is 1. The third-order valence-electron chi connectivity index (χ3n) is 2.25. The summed E-state index contributed by atoms with van der Waals surface area (Å²) < 4.78 is 0. The summed E-state index contributed by atoms with van der Waals surface area (Å²) in [6, 6.07) is 0. The van der Waals surface area contributed by atoms with Crippen LogP contribution in [0.5, 0.6) is 0 Å². The molecule has 1 fully saturated rings. The van der Waals surface area contributed by atoms with Gasteiger partial charge in [-0.25, -0.2) is 0 Å². The third-order valence-corrected chi connectivity index (χ3v) is 2.25. The Kier molecular flexibility index (Phi) is 2.94. The van der Waals surface area contributed by atoms with Crippen molar-refractivity contribution in [1.82, 2.24) is 0 Å². The molecular formula is C9H16O. The van der Waals surface area contributed by atoms with Gasteiger partial charge in [0.1, 0.15) is 0 Å². The van der Waals surface area contributed by atoms with E-state index >= 15 is 0 Å². The lowest BCUT2D eigenvalue weighted by molar-refractivity contribution is 0.272. The zero-order chi connectivity index (χ0) is 7.40. The van der Waals surface area contributed by atoms with Gasteiger partial charge in [-0.2, -0.15) is 0 Å². The Hall–Kier alpha value is -0.300. The van der Waals surface area contributed by atoms with Crippen LogP contribution in [0.4, 0.5) is 0 Å². The minimum atomic E-state index is 0.350. The number of allylic oxidation sites excluding steroid dienone is 1. The van der Waals surface area contributed by atoms with Gasteiger partial charge in [-0.1, -0.05) is 12.2 Å². The average Bonchev–Trinajstić information content (AvgIpc) is 2.31. The first-order valence-corrected chi connectivity index (χ1v) is 4.10. The van der Waals surface area contributed by atoms with Gasteiger partial charge in [-0.05, 0) is 38.0 Å². The summed E-state index contributed by atoms with van der Waals surface area (Å²) in [4.78, 5) is 0. The molecule has 0 aromatic heterocycles. The SMILES string of the molecule is C=C1CCC(CCCO)C1. The summed E-state index contributed by atoms with van der Waals surface area (Å²) in [5.41, 5.74) is 1.41. The van der Waals surface area contributed by atoms with Crippen molar-refractivity contribution in [3.63, 3.8) is 0 Å². The summed E-state index contributed by atoms with van der Waals surface area (Å²) in [6.45, 7) is 4.30. The predicted octanol–water partition coefficient (Wildman–Crippen LogP) is 2.12. The van der Waals surface area contributed by atoms with Crippen LogP contribution in [-0.2, 0) is 0 Å². The fourth-order valence-corrected chi connectivity index (χ4v) is 1.65. The Labute approximate surface area is 62.8 Å². The van der Waals surface area contributed by atoms with E-state index in [0.717, 1.165) is 12.3 Å². The van der Waals surface area contributed by atoms with E-state index in [1.54, 1.807) is 0 Å². The Bertz CT molecular complexity index is 118. The monoisotopic (exact) mass is 140 g/mol. The molecule has 58 valence electrons. The topological polar surface area (TPSA) is 20.2 Å². The van der Waals surface area contributed by atoms with Crippen LogP contribution in [0.1, 0.15) is 32.1 Å². The molecule has 1 unspecified atom stereocenters. The van der Waals surface area contributed by atoms with E-state index in [0.29, 0.717) is 6.61 Å². The molecule has 1 N–H and O–H groups in total. The van der Waals surface area contributed by atoms with Crippen LogP contribution in [0.15, 0.2) is 12.2 Å². The Morgan fingerprint density at radius 1 is 1.60 bits per heavy atom. The van der Waals surface area contributed by atoms with Gasteiger partial charge < -0.3 is 5.11 Å². The molecule has 1 atom stereocenters. The maximum atomic E-state index is 8.57. The van der Waals surface area contributed by atoms with Gasteiger partial charge in [0, 0.05) is 6.61 Å². The van der Waals surface area contributed by atoms with Gasteiger partial charge in [-0.3, -0.25) is 0 Å². The first-order valence-electron chi connectivity index (χ1n) is 4.10. The maximum absolute atomic E-state index is 8.57. The van der Waals surface area contributed by atoms with Crippen molar-refractivity contribution in [2.75, 3.05) is 6.61 Å². The molecule has 0 aromatic rings. The molecule has 0 spiro atoms. The highest BCUT2D eigenvalue weighted by Gasteiger charge is 2.16. The highest BCUT2D eigenvalue weighted by atomic mass is 16.2. The van der Waals surface area contributed by atoms with E-state index in [1.807, 2.05) is 0 Å². The first-order chi connectivity index (χ1) is 4.83. The molecule has 1 aliphatic rings. The number of aliphatic hydroxyl groups excluding tert-OH is 1. The summed E-state index contributed by atoms with van der Waals surface area (Å²) in [5.74, 6) is 0.833. The Morgan fingerprint density at radius 3 is 2.90 bits per heavy atom. The average molecular weight is 140 g/mol. The molecule has 0 aromatic carbocycles. The van der Waals surface area contributed by atoms with E-state index in [4.69, 9.17) is 5.11 Å². The molecule has 1 heteroatoms. The summed E-state index contributed by atoms with van der Waals surface area (Å²) in [7, 11) is 0. The van der Waals surface area contributed by atoms with Crippen LogP contribution in [0, 0.1) is 5.92 Å². The van der Waals surface area contributed by atoms with Gasteiger partial charge in [-0.15, -0.1) is 0 Å². The normalized spacial score (nSPS) is 25.7. The zero-order valence-corrected chi connectivity index (χ0v) is 6.47. The number of hydrogen-bond acceptors (Lipinski definition) is 1. The van der Waals surface area contributed by atoms with Crippen molar-refractivity contribution in [2.24, 2.45) is 5.92 Å². The van der Waals surface area contributed by atoms with E-state index in [1.165, 1.54) is 31.3 Å². The van der Waals surface area contributed by atoms with Crippen molar-refractivity contribution in [1.29, 1.82) is 0 Å². The molecule has 10 heavy (non-hydrogen) atoms. The Balaban J connectivity index is 2.12. The van der Waals surface area contributed by atoms with Crippen molar-refractivity contribution >= 4 is 0 Å². The van der Waals surface area contributed by atoms with Crippen molar-refractivity contribution in [2.45, 2.75) is 32.1 Å². The lowest BCUT2D eigenvalue weighted by Gasteiger charge is -2.04. The highest BCUT2D eigenvalue weighted by molar-refractivity contribution is 5.01. The van der Waals surface area contributed by atoms with Crippen LogP contribution in [0.3, 0.4) is 0 Å². The highest BCUT2D eigenvalue weighted by Crippen LogP contribution is 2.31. The van der Waals surface area contributed by atoms with Gasteiger partial charge in [0.05, 0.1) is 0 Å². The standard InChI is InChI=1S/C9H16O/c1-8-4-5-9(7-8)3-2-6-10/h9-10H,1-7H2. The lowest BCUT2D eigenvalue weighted by Crippen LogP contribution is -1.94. The van der Waals surface area contributed by atoms with Crippen molar-refractivity contribution < 1.29 is 5.11 Å². The summed E-state index contributed by atoms with van der Waals surface area (Å²) in [6.07, 6.45) is 5.89. The van der Waals surface area contributed by atoms with E-state index in [2.05, 4.69) is 6.58 Å². The van der Waals surface area contributed by atoms with E-state index < -0.39 is 0 Å². The van der Waals surface area contributed by atoms with E-state index in [-0.39, 0.29) is 0 Å². The van der Waals surface area contributed by atoms with Crippen molar-refractivity contribution in [3.05, 3.63) is 12.2 Å². The molecule has 1 aliphatic carbocycles. The Morgan fingerprint density at radius 2 is 2.40 bits per heavy atom. The molecule has 0 radical (unpaired) electrons. The van der Waals surface area contributed by atoms with Crippen LogP contribution in [0.25, 0.3) is 0 Å². The molecular weight excluding hydrogens is 124 g/mol. The summed E-state index contributed by atoms with van der Waals surface area (Å²) in [5, 5.41) is 8.57. The minimum absolute atomic E-state index is 0.350. The lowest BCUT2D eigenvalue weighted by atomic mass is 10.0. The second-order valence-corrected chi connectivity index (χ2v) is 3.22. The second kappa shape index (κ2) is 3.77. The molecule has 0 heterocycles. The predicted molar refractivity (Wildman–Crippen MR) is 42.8 cm³/mol. The van der Waals surface area contributed by atoms with Gasteiger partial charge in [0.15, 0.2) is 0 Å². The summed E-state index contributed by atoms with van der Waals surface area (Å²) >= 11 is 0. The van der Waals surface area contributed by atoms with Gasteiger partial charge >= 0.3 is 0 Å². The molecule has 1 nitrogen and oxygen atoms in total. The molecule has 1 saturated carbocycles.